The van der Waals surface area contributed by atoms with Crippen molar-refractivity contribution in [3.05, 3.63) is 83.0 Å². The lowest BCUT2D eigenvalue weighted by Crippen LogP contribution is -2.20. The lowest BCUT2D eigenvalue weighted by Gasteiger charge is -1.99. The van der Waals surface area contributed by atoms with Gasteiger partial charge in [0.1, 0.15) is 5.69 Å². The molecule has 0 saturated heterocycles. The van der Waals surface area contributed by atoms with Crippen LogP contribution in [0, 0.1) is 0 Å². The zero-order chi connectivity index (χ0) is 16.8. The van der Waals surface area contributed by atoms with E-state index in [1.54, 1.807) is 12.1 Å². The van der Waals surface area contributed by atoms with Crippen molar-refractivity contribution in [2.24, 2.45) is 0 Å². The minimum absolute atomic E-state index is 0.223. The monoisotopic (exact) mass is 338 g/mol. The Hall–Kier alpha value is -2.85. The highest BCUT2D eigenvalue weighted by molar-refractivity contribution is 6.32. The van der Waals surface area contributed by atoms with Crippen molar-refractivity contribution < 1.29 is 9.32 Å². The molecule has 120 valence electrons. The molecule has 0 aliphatic heterocycles. The second-order valence-corrected chi connectivity index (χ2v) is 5.53. The molecule has 0 bridgehead atoms. The third kappa shape index (κ3) is 4.12. The third-order valence-electron chi connectivity index (χ3n) is 3.38. The minimum Gasteiger partial charge on any atom is -0.356 e. The molecular formula is C19H15ClN2O2. The van der Waals surface area contributed by atoms with Crippen LogP contribution in [0.5, 0.6) is 0 Å². The lowest BCUT2D eigenvalue weighted by atomic mass is 10.1. The first-order chi connectivity index (χ1) is 11.7. The van der Waals surface area contributed by atoms with Gasteiger partial charge in [0.2, 0.25) is 5.91 Å². The first kappa shape index (κ1) is 16.0. The van der Waals surface area contributed by atoms with Crippen molar-refractivity contribution in [3.8, 4) is 11.3 Å². The van der Waals surface area contributed by atoms with E-state index in [-0.39, 0.29) is 5.91 Å². The predicted molar refractivity (Wildman–Crippen MR) is 94.3 cm³/mol. The summed E-state index contributed by atoms with van der Waals surface area (Å²) >= 11 is 6.04. The number of hydrogen-bond acceptors (Lipinski definition) is 3. The molecule has 0 radical (unpaired) electrons. The molecule has 5 heteroatoms. The van der Waals surface area contributed by atoms with E-state index in [0.29, 0.717) is 23.0 Å². The molecule has 0 aliphatic carbocycles. The largest absolute Gasteiger partial charge is 0.356 e. The lowest BCUT2D eigenvalue weighted by molar-refractivity contribution is -0.116. The van der Waals surface area contributed by atoms with Crippen LogP contribution in [0.2, 0.25) is 5.02 Å². The standard InChI is InChI=1S/C19H15ClN2O2/c20-17-9-5-4-6-14(17)10-11-19(23)21-13-16-12-18(24-22-16)15-7-2-1-3-8-15/h1-12H,13H2,(H,21,23)/b11-10+. The number of amides is 1. The van der Waals surface area contributed by atoms with Crippen LogP contribution in [0.3, 0.4) is 0 Å². The van der Waals surface area contributed by atoms with Gasteiger partial charge in [0.15, 0.2) is 5.76 Å². The topological polar surface area (TPSA) is 55.1 Å². The average molecular weight is 339 g/mol. The normalized spacial score (nSPS) is 10.9. The van der Waals surface area contributed by atoms with Gasteiger partial charge < -0.3 is 9.84 Å². The van der Waals surface area contributed by atoms with Crippen LogP contribution >= 0.6 is 11.6 Å². The van der Waals surface area contributed by atoms with Crippen molar-refractivity contribution in [2.45, 2.75) is 6.54 Å². The van der Waals surface area contributed by atoms with Gasteiger partial charge in [-0.1, -0.05) is 65.3 Å². The summed E-state index contributed by atoms with van der Waals surface area (Å²) in [4.78, 5) is 11.9. The first-order valence-electron chi connectivity index (χ1n) is 7.44. The van der Waals surface area contributed by atoms with E-state index in [0.717, 1.165) is 11.1 Å². The summed E-state index contributed by atoms with van der Waals surface area (Å²) in [5.74, 6) is 0.450. The Kier molecular flexibility index (Phi) is 5.08. The van der Waals surface area contributed by atoms with Gasteiger partial charge in [0.05, 0.1) is 6.54 Å². The third-order valence-corrected chi connectivity index (χ3v) is 3.72. The quantitative estimate of drug-likeness (QED) is 0.705. The van der Waals surface area contributed by atoms with Crippen LogP contribution in [0.4, 0.5) is 0 Å². The predicted octanol–water partition coefficient (Wildman–Crippen LogP) is 4.32. The van der Waals surface area contributed by atoms with Crippen LogP contribution in [0.1, 0.15) is 11.3 Å². The molecule has 0 unspecified atom stereocenters. The Morgan fingerprint density at radius 3 is 2.67 bits per heavy atom. The highest BCUT2D eigenvalue weighted by Gasteiger charge is 2.07. The Balaban J connectivity index is 1.57. The van der Waals surface area contributed by atoms with Crippen molar-refractivity contribution >= 4 is 23.6 Å². The van der Waals surface area contributed by atoms with E-state index in [4.69, 9.17) is 16.1 Å². The maximum Gasteiger partial charge on any atom is 0.244 e. The summed E-state index contributed by atoms with van der Waals surface area (Å²) in [7, 11) is 0. The molecular weight excluding hydrogens is 324 g/mol. The van der Waals surface area contributed by atoms with Crippen LogP contribution in [0.25, 0.3) is 17.4 Å². The number of carbonyl (C=O) groups is 1. The second kappa shape index (κ2) is 7.62. The second-order valence-electron chi connectivity index (χ2n) is 5.12. The molecule has 0 aliphatic rings. The molecule has 1 amide bonds. The van der Waals surface area contributed by atoms with Gasteiger partial charge in [-0.3, -0.25) is 4.79 Å². The number of rotatable bonds is 5. The smallest absolute Gasteiger partial charge is 0.244 e. The van der Waals surface area contributed by atoms with E-state index in [9.17, 15) is 4.79 Å². The zero-order valence-electron chi connectivity index (χ0n) is 12.8. The van der Waals surface area contributed by atoms with E-state index in [2.05, 4.69) is 10.5 Å². The van der Waals surface area contributed by atoms with Gasteiger partial charge >= 0.3 is 0 Å². The fourth-order valence-corrected chi connectivity index (χ4v) is 2.34. The average Bonchev–Trinajstić information content (AvgIpc) is 3.09. The molecule has 0 atom stereocenters. The minimum atomic E-state index is -0.223. The molecule has 0 saturated carbocycles. The number of nitrogens with zero attached hydrogens (tertiary/aromatic N) is 1. The van der Waals surface area contributed by atoms with E-state index < -0.39 is 0 Å². The van der Waals surface area contributed by atoms with Gasteiger partial charge in [0.25, 0.3) is 0 Å². The summed E-state index contributed by atoms with van der Waals surface area (Å²) in [6, 6.07) is 18.8. The van der Waals surface area contributed by atoms with Crippen LogP contribution < -0.4 is 5.32 Å². The summed E-state index contributed by atoms with van der Waals surface area (Å²) in [5.41, 5.74) is 2.40. The Labute approximate surface area is 144 Å². The van der Waals surface area contributed by atoms with Gasteiger partial charge in [0, 0.05) is 22.7 Å². The van der Waals surface area contributed by atoms with Crippen LogP contribution in [-0.2, 0) is 11.3 Å². The molecule has 1 N–H and O–H groups in total. The van der Waals surface area contributed by atoms with E-state index in [1.807, 2.05) is 54.6 Å². The molecule has 0 fully saturated rings. The Bertz CT molecular complexity index is 857. The summed E-state index contributed by atoms with van der Waals surface area (Å²) in [5, 5.41) is 7.33. The molecule has 3 rings (SSSR count). The van der Waals surface area contributed by atoms with Crippen LogP contribution in [-0.4, -0.2) is 11.1 Å². The Morgan fingerprint density at radius 1 is 1.12 bits per heavy atom. The van der Waals surface area contributed by atoms with Crippen molar-refractivity contribution in [1.29, 1.82) is 0 Å². The number of halogens is 1. The van der Waals surface area contributed by atoms with Gasteiger partial charge in [-0.25, -0.2) is 0 Å². The van der Waals surface area contributed by atoms with Crippen LogP contribution in [0.15, 0.2) is 71.3 Å². The van der Waals surface area contributed by atoms with E-state index in [1.165, 1.54) is 6.08 Å². The fourth-order valence-electron chi connectivity index (χ4n) is 2.15. The van der Waals surface area contributed by atoms with Crippen molar-refractivity contribution in [3.63, 3.8) is 0 Å². The molecule has 1 aromatic heterocycles. The first-order valence-corrected chi connectivity index (χ1v) is 7.81. The maximum absolute atomic E-state index is 11.9. The van der Waals surface area contributed by atoms with Gasteiger partial charge in [-0.2, -0.15) is 0 Å². The molecule has 4 nitrogen and oxygen atoms in total. The number of aromatic nitrogens is 1. The van der Waals surface area contributed by atoms with Gasteiger partial charge in [-0.15, -0.1) is 0 Å². The SMILES string of the molecule is O=C(/C=C/c1ccccc1Cl)NCc1cc(-c2ccccc2)on1. The van der Waals surface area contributed by atoms with Gasteiger partial charge in [-0.05, 0) is 17.7 Å². The molecule has 0 spiro atoms. The highest BCUT2D eigenvalue weighted by Crippen LogP contribution is 2.19. The molecule has 24 heavy (non-hydrogen) atoms. The number of hydrogen-bond donors (Lipinski definition) is 1. The summed E-state index contributed by atoms with van der Waals surface area (Å²) in [6.45, 7) is 0.294. The number of benzene rings is 2. The summed E-state index contributed by atoms with van der Waals surface area (Å²) in [6.07, 6.45) is 3.12. The maximum atomic E-state index is 11.9. The van der Waals surface area contributed by atoms with Crippen molar-refractivity contribution in [2.75, 3.05) is 0 Å². The Morgan fingerprint density at radius 2 is 1.88 bits per heavy atom. The molecule has 3 aromatic rings. The zero-order valence-corrected chi connectivity index (χ0v) is 13.5. The number of carbonyl (C=O) groups excluding carboxylic acids is 1. The summed E-state index contributed by atoms with van der Waals surface area (Å²) < 4.78 is 5.29. The fraction of sp³-hybridized carbons (Fsp3) is 0.0526. The van der Waals surface area contributed by atoms with Crippen molar-refractivity contribution in [1.82, 2.24) is 10.5 Å². The van der Waals surface area contributed by atoms with E-state index >= 15 is 0 Å². The molecule has 2 aromatic carbocycles. The number of nitrogens with one attached hydrogen (secondary N) is 1. The molecule has 1 heterocycles. The highest BCUT2D eigenvalue weighted by atomic mass is 35.5.